The molecule has 44 heavy (non-hydrogen) atoms. The minimum absolute atomic E-state index is 0.0186. The summed E-state index contributed by atoms with van der Waals surface area (Å²) in [6, 6.07) is 20.4. The summed E-state index contributed by atoms with van der Waals surface area (Å²) in [4.78, 5) is 16.3. The number of aryl methyl sites for hydroxylation is 2. The van der Waals surface area contributed by atoms with E-state index in [0.717, 1.165) is 50.5 Å². The molecule has 0 aliphatic rings. The van der Waals surface area contributed by atoms with E-state index < -0.39 is 0 Å². The molecule has 0 N–H and O–H groups in total. The maximum Gasteiger partial charge on any atom is 0.120 e. The van der Waals surface area contributed by atoms with Gasteiger partial charge in [-0.3, -0.25) is 4.98 Å². The van der Waals surface area contributed by atoms with Crippen molar-refractivity contribution in [1.29, 1.82) is 0 Å². The van der Waals surface area contributed by atoms with Crippen molar-refractivity contribution >= 4 is 17.2 Å². The molecule has 3 heteroatoms. The van der Waals surface area contributed by atoms with Gasteiger partial charge in [0, 0.05) is 35.6 Å². The van der Waals surface area contributed by atoms with Gasteiger partial charge in [-0.25, -0.2) is 0 Å². The lowest BCUT2D eigenvalue weighted by Gasteiger charge is -2.25. The number of fused-ring (bicyclic) bond motifs is 1. The van der Waals surface area contributed by atoms with Crippen molar-refractivity contribution in [3.63, 3.8) is 0 Å². The molecule has 0 aliphatic carbocycles. The van der Waals surface area contributed by atoms with Crippen molar-refractivity contribution in [2.75, 3.05) is 0 Å². The highest BCUT2D eigenvalue weighted by atomic mass is 16.1. The fourth-order valence-corrected chi connectivity index (χ4v) is 6.51. The van der Waals surface area contributed by atoms with Crippen molar-refractivity contribution in [3.05, 3.63) is 102 Å². The van der Waals surface area contributed by atoms with Gasteiger partial charge in [-0.1, -0.05) is 89.3 Å². The summed E-state index contributed by atoms with van der Waals surface area (Å²) < 4.78 is 2.49. The van der Waals surface area contributed by atoms with Crippen LogP contribution in [0.3, 0.4) is 0 Å². The Hall–Kier alpha value is -3.72. The van der Waals surface area contributed by atoms with Crippen molar-refractivity contribution in [2.24, 2.45) is 5.41 Å². The van der Waals surface area contributed by atoms with E-state index >= 15 is 0 Å². The van der Waals surface area contributed by atoms with Crippen LogP contribution in [-0.2, 0) is 24.2 Å². The molecule has 4 rings (SSSR count). The van der Waals surface area contributed by atoms with Gasteiger partial charge in [0.25, 0.3) is 0 Å². The second-order valence-electron chi connectivity index (χ2n) is 13.2. The number of aromatic nitrogens is 2. The fraction of sp³-hybridized carbons (Fsp3) is 0.415. The molecule has 0 aliphatic heterocycles. The molecule has 0 fully saturated rings. The maximum atomic E-state index is 11.4. The van der Waals surface area contributed by atoms with Gasteiger partial charge in [-0.05, 0) is 110 Å². The van der Waals surface area contributed by atoms with Gasteiger partial charge in [0.2, 0.25) is 0 Å². The number of carbonyl (C=O) groups is 1. The first kappa shape index (κ1) is 33.2. The zero-order chi connectivity index (χ0) is 31.7. The molecule has 0 bridgehead atoms. The summed E-state index contributed by atoms with van der Waals surface area (Å²) in [5.74, 6) is 0.365. The van der Waals surface area contributed by atoms with E-state index in [9.17, 15) is 4.79 Å². The molecule has 2 aromatic carbocycles. The smallest absolute Gasteiger partial charge is 0.120 e. The Morgan fingerprint density at radius 2 is 1.82 bits per heavy atom. The van der Waals surface area contributed by atoms with Gasteiger partial charge in [-0.2, -0.15) is 0 Å². The van der Waals surface area contributed by atoms with E-state index in [0.29, 0.717) is 12.3 Å². The van der Waals surface area contributed by atoms with Crippen LogP contribution in [0.1, 0.15) is 102 Å². The van der Waals surface area contributed by atoms with Crippen molar-refractivity contribution in [1.82, 2.24) is 9.55 Å². The average molecular weight is 589 g/mol. The van der Waals surface area contributed by atoms with Crippen molar-refractivity contribution in [3.8, 4) is 22.4 Å². The Morgan fingerprint density at radius 1 is 1.02 bits per heavy atom. The van der Waals surface area contributed by atoms with Crippen LogP contribution < -0.4 is 0 Å². The van der Waals surface area contributed by atoms with Crippen LogP contribution in [0.2, 0.25) is 0 Å². The lowest BCUT2D eigenvalue weighted by atomic mass is 9.80. The number of hydrogen-bond donors (Lipinski definition) is 0. The Morgan fingerprint density at radius 3 is 2.55 bits per heavy atom. The number of aldehydes is 1. The van der Waals surface area contributed by atoms with E-state index in [2.05, 4.69) is 107 Å². The van der Waals surface area contributed by atoms with Gasteiger partial charge in [0.15, 0.2) is 0 Å². The standard InChI is InChI=1S/C41H52N2O/c1-8-30(4)17-12-11-13-18-32-19-14-20-33(27-32)34-22-23-38-36(28-34)37(29-41(6,7)24-16-26-44)40(43(38)10-3)35-21-15-25-42-39(35)31(5)9-2/h8,14-15,19-23,25-28,31H,1,4,9-13,16-18,24,29H2,2-3,5-7H3. The summed E-state index contributed by atoms with van der Waals surface area (Å²) in [7, 11) is 0. The number of benzene rings is 2. The fourth-order valence-electron chi connectivity index (χ4n) is 6.51. The van der Waals surface area contributed by atoms with E-state index in [-0.39, 0.29) is 5.41 Å². The first-order chi connectivity index (χ1) is 21.2. The van der Waals surface area contributed by atoms with Crippen LogP contribution in [0.15, 0.2) is 85.6 Å². The van der Waals surface area contributed by atoms with Crippen LogP contribution in [-0.4, -0.2) is 15.8 Å². The molecular formula is C41H52N2O. The molecule has 3 nitrogen and oxygen atoms in total. The highest BCUT2D eigenvalue weighted by molar-refractivity contribution is 5.95. The number of unbranched alkanes of at least 4 members (excludes halogenated alkanes) is 2. The second kappa shape index (κ2) is 15.3. The van der Waals surface area contributed by atoms with Crippen LogP contribution in [0, 0.1) is 5.41 Å². The zero-order valence-electron chi connectivity index (χ0n) is 27.8. The summed E-state index contributed by atoms with van der Waals surface area (Å²) in [5.41, 5.74) is 11.4. The normalized spacial score (nSPS) is 12.4. The average Bonchev–Trinajstić information content (AvgIpc) is 3.34. The highest BCUT2D eigenvalue weighted by Crippen LogP contribution is 2.42. The van der Waals surface area contributed by atoms with Crippen LogP contribution in [0.5, 0.6) is 0 Å². The molecule has 0 saturated carbocycles. The van der Waals surface area contributed by atoms with Gasteiger partial charge in [0.1, 0.15) is 6.29 Å². The van der Waals surface area contributed by atoms with Crippen molar-refractivity contribution in [2.45, 2.75) is 105 Å². The van der Waals surface area contributed by atoms with Gasteiger partial charge >= 0.3 is 0 Å². The van der Waals surface area contributed by atoms with Crippen molar-refractivity contribution < 1.29 is 4.79 Å². The molecule has 2 aromatic heterocycles. The number of pyridine rings is 1. The predicted octanol–water partition coefficient (Wildman–Crippen LogP) is 11.3. The van der Waals surface area contributed by atoms with Gasteiger partial charge in [0.05, 0.1) is 11.4 Å². The van der Waals surface area contributed by atoms with Crippen LogP contribution >= 0.6 is 0 Å². The molecule has 2 heterocycles. The SMILES string of the molecule is C=CC(=C)CCCCCc1cccc(-c2ccc3c(c2)c(CC(C)(C)CCC=O)c(-c2cccnc2C(C)CC)n3CC)c1. The van der Waals surface area contributed by atoms with Gasteiger partial charge in [-0.15, -0.1) is 0 Å². The first-order valence-electron chi connectivity index (χ1n) is 16.7. The third kappa shape index (κ3) is 7.86. The molecule has 0 amide bonds. The Kier molecular flexibility index (Phi) is 11.6. The molecule has 4 aromatic rings. The third-order valence-corrected chi connectivity index (χ3v) is 9.26. The molecule has 232 valence electrons. The lowest BCUT2D eigenvalue weighted by Crippen LogP contribution is -2.16. The third-order valence-electron chi connectivity index (χ3n) is 9.26. The number of rotatable bonds is 17. The zero-order valence-corrected chi connectivity index (χ0v) is 27.8. The lowest BCUT2D eigenvalue weighted by molar-refractivity contribution is -0.108. The van der Waals surface area contributed by atoms with Crippen LogP contribution in [0.4, 0.5) is 0 Å². The van der Waals surface area contributed by atoms with E-state index in [1.807, 2.05) is 12.3 Å². The minimum Gasteiger partial charge on any atom is -0.340 e. The molecule has 0 spiro atoms. The van der Waals surface area contributed by atoms with E-state index in [4.69, 9.17) is 4.98 Å². The molecular weight excluding hydrogens is 536 g/mol. The summed E-state index contributed by atoms with van der Waals surface area (Å²) in [6.07, 6.45) is 13.9. The summed E-state index contributed by atoms with van der Waals surface area (Å²) in [6.45, 7) is 20.1. The Labute approximate surface area is 266 Å². The molecule has 0 saturated heterocycles. The molecule has 1 atom stereocenters. The van der Waals surface area contributed by atoms with E-state index in [1.54, 1.807) is 0 Å². The highest BCUT2D eigenvalue weighted by Gasteiger charge is 2.27. The monoisotopic (exact) mass is 588 g/mol. The van der Waals surface area contributed by atoms with Gasteiger partial charge < -0.3 is 9.36 Å². The number of nitrogens with zero attached hydrogens (tertiary/aromatic N) is 2. The molecule has 1 unspecified atom stereocenters. The summed E-state index contributed by atoms with van der Waals surface area (Å²) >= 11 is 0. The topological polar surface area (TPSA) is 34.9 Å². The Balaban J connectivity index is 1.79. The quantitative estimate of drug-likeness (QED) is 0.0698. The van der Waals surface area contributed by atoms with Crippen LogP contribution in [0.25, 0.3) is 33.3 Å². The number of carbonyl (C=O) groups excluding carboxylic acids is 1. The molecule has 0 radical (unpaired) electrons. The largest absolute Gasteiger partial charge is 0.340 e. The predicted molar refractivity (Wildman–Crippen MR) is 189 cm³/mol. The van der Waals surface area contributed by atoms with E-state index in [1.165, 1.54) is 69.4 Å². The maximum absolute atomic E-state index is 11.4. The Bertz CT molecular complexity index is 1590. The summed E-state index contributed by atoms with van der Waals surface area (Å²) in [5, 5.41) is 1.31. The minimum atomic E-state index is -0.0186. The number of allylic oxidation sites excluding steroid dienone is 2. The second-order valence-corrected chi connectivity index (χ2v) is 13.2. The number of hydrogen-bond acceptors (Lipinski definition) is 2. The first-order valence-corrected chi connectivity index (χ1v) is 16.7.